The van der Waals surface area contributed by atoms with Gasteiger partial charge in [-0.25, -0.2) is 8.78 Å². The second-order valence-electron chi connectivity index (χ2n) is 3.75. The second-order valence-corrected chi connectivity index (χ2v) is 4.60. The maximum Gasteiger partial charge on any atom is 0.137 e. The van der Waals surface area contributed by atoms with Crippen molar-refractivity contribution < 1.29 is 13.5 Å². The highest BCUT2D eigenvalue weighted by Crippen LogP contribution is 2.21. The minimum absolute atomic E-state index is 0.163. The Labute approximate surface area is 101 Å². The van der Waals surface area contributed by atoms with Crippen molar-refractivity contribution in [1.29, 1.82) is 0 Å². The number of ether oxygens (including phenoxy) is 1. The molecule has 0 aromatic heterocycles. The topological polar surface area (TPSA) is 12.5 Å². The minimum Gasteiger partial charge on any atom is -0.379 e. The zero-order valence-electron chi connectivity index (χ0n) is 8.68. The molecule has 0 amide bonds. The number of rotatable bonds is 2. The van der Waals surface area contributed by atoms with Gasteiger partial charge in [0.25, 0.3) is 0 Å². The van der Waals surface area contributed by atoms with Crippen molar-refractivity contribution in [3.63, 3.8) is 0 Å². The lowest BCUT2D eigenvalue weighted by Crippen LogP contribution is -2.35. The molecule has 2 nitrogen and oxygen atoms in total. The Hall–Kier alpha value is -0.520. The summed E-state index contributed by atoms with van der Waals surface area (Å²) in [5.41, 5.74) is 0.391. The standard InChI is InChI=1S/C11H12BrF2NO/c12-9-6-10(13)8(5-11(9)14)7-15-1-3-16-4-2-15/h5-6H,1-4,7H2. The van der Waals surface area contributed by atoms with E-state index < -0.39 is 5.82 Å². The zero-order valence-corrected chi connectivity index (χ0v) is 10.3. The van der Waals surface area contributed by atoms with Crippen molar-refractivity contribution in [3.05, 3.63) is 33.8 Å². The van der Waals surface area contributed by atoms with Crippen LogP contribution >= 0.6 is 15.9 Å². The molecular formula is C11H12BrF2NO. The normalized spacial score (nSPS) is 17.7. The van der Waals surface area contributed by atoms with E-state index in [1.54, 1.807) is 0 Å². The van der Waals surface area contributed by atoms with Gasteiger partial charge in [-0.3, -0.25) is 4.90 Å². The number of halogens is 3. The van der Waals surface area contributed by atoms with E-state index >= 15 is 0 Å². The van der Waals surface area contributed by atoms with Crippen molar-refractivity contribution in [2.75, 3.05) is 26.3 Å². The molecule has 88 valence electrons. The van der Waals surface area contributed by atoms with Crippen LogP contribution in [0.25, 0.3) is 0 Å². The first-order chi connectivity index (χ1) is 7.66. The van der Waals surface area contributed by atoms with E-state index in [2.05, 4.69) is 20.8 Å². The molecule has 0 unspecified atom stereocenters. The molecule has 0 saturated carbocycles. The van der Waals surface area contributed by atoms with E-state index in [0.29, 0.717) is 25.3 Å². The summed E-state index contributed by atoms with van der Waals surface area (Å²) < 4.78 is 32.1. The number of benzene rings is 1. The second kappa shape index (κ2) is 5.21. The number of morpholine rings is 1. The maximum absolute atomic E-state index is 13.5. The van der Waals surface area contributed by atoms with Gasteiger partial charge in [0.15, 0.2) is 0 Å². The summed E-state index contributed by atoms with van der Waals surface area (Å²) >= 11 is 2.96. The molecule has 0 spiro atoms. The highest BCUT2D eigenvalue weighted by molar-refractivity contribution is 9.10. The first-order valence-electron chi connectivity index (χ1n) is 5.10. The fourth-order valence-corrected chi connectivity index (χ4v) is 2.00. The van der Waals surface area contributed by atoms with Gasteiger partial charge in [-0.1, -0.05) is 0 Å². The quantitative estimate of drug-likeness (QED) is 0.777. The van der Waals surface area contributed by atoms with Crippen LogP contribution in [0.4, 0.5) is 8.78 Å². The predicted octanol–water partition coefficient (Wildman–Crippen LogP) is 2.56. The molecule has 0 atom stereocenters. The molecule has 1 aliphatic heterocycles. The summed E-state index contributed by atoms with van der Waals surface area (Å²) in [6.07, 6.45) is 0. The van der Waals surface area contributed by atoms with E-state index in [-0.39, 0.29) is 10.3 Å². The molecule has 0 radical (unpaired) electrons. The third kappa shape index (κ3) is 2.78. The van der Waals surface area contributed by atoms with Crippen molar-refractivity contribution in [2.45, 2.75) is 6.54 Å². The molecule has 1 aliphatic rings. The summed E-state index contributed by atoms with van der Waals surface area (Å²) in [4.78, 5) is 2.05. The fraction of sp³-hybridized carbons (Fsp3) is 0.455. The number of nitrogens with zero attached hydrogens (tertiary/aromatic N) is 1. The zero-order chi connectivity index (χ0) is 11.5. The number of hydrogen-bond acceptors (Lipinski definition) is 2. The van der Waals surface area contributed by atoms with E-state index in [4.69, 9.17) is 4.74 Å². The first kappa shape index (κ1) is 12.0. The van der Waals surface area contributed by atoms with Gasteiger partial charge >= 0.3 is 0 Å². The molecule has 1 heterocycles. The molecule has 0 N–H and O–H groups in total. The van der Waals surface area contributed by atoms with Crippen LogP contribution in [0.5, 0.6) is 0 Å². The lowest BCUT2D eigenvalue weighted by Gasteiger charge is -2.26. The third-order valence-corrected chi connectivity index (χ3v) is 3.19. The predicted molar refractivity (Wildman–Crippen MR) is 60.2 cm³/mol. The summed E-state index contributed by atoms with van der Waals surface area (Å²) in [7, 11) is 0. The highest BCUT2D eigenvalue weighted by atomic mass is 79.9. The lowest BCUT2D eigenvalue weighted by atomic mass is 10.2. The van der Waals surface area contributed by atoms with E-state index in [1.165, 1.54) is 12.1 Å². The average molecular weight is 292 g/mol. The average Bonchev–Trinajstić information content (AvgIpc) is 2.27. The summed E-state index contributed by atoms with van der Waals surface area (Å²) in [6, 6.07) is 2.42. The maximum atomic E-state index is 13.5. The van der Waals surface area contributed by atoms with Crippen LogP contribution in [-0.2, 0) is 11.3 Å². The van der Waals surface area contributed by atoms with Gasteiger partial charge in [-0.05, 0) is 28.1 Å². The Kier molecular flexibility index (Phi) is 3.89. The SMILES string of the molecule is Fc1cc(CN2CCOCC2)c(F)cc1Br. The lowest BCUT2D eigenvalue weighted by molar-refractivity contribution is 0.0337. The summed E-state index contributed by atoms with van der Waals surface area (Å²) in [5, 5.41) is 0. The molecular weight excluding hydrogens is 280 g/mol. The van der Waals surface area contributed by atoms with Crippen LogP contribution in [0.3, 0.4) is 0 Å². The molecule has 0 aliphatic carbocycles. The minimum atomic E-state index is -0.426. The Bertz CT molecular complexity index is 380. The van der Waals surface area contributed by atoms with E-state index in [1.807, 2.05) is 0 Å². The smallest absolute Gasteiger partial charge is 0.137 e. The van der Waals surface area contributed by atoms with Crippen LogP contribution in [0, 0.1) is 11.6 Å². The van der Waals surface area contributed by atoms with Crippen LogP contribution in [-0.4, -0.2) is 31.2 Å². The van der Waals surface area contributed by atoms with Crippen LogP contribution < -0.4 is 0 Å². The van der Waals surface area contributed by atoms with Crippen molar-refractivity contribution >= 4 is 15.9 Å². The van der Waals surface area contributed by atoms with Gasteiger partial charge < -0.3 is 4.74 Å². The third-order valence-electron chi connectivity index (χ3n) is 2.59. The largest absolute Gasteiger partial charge is 0.379 e. The van der Waals surface area contributed by atoms with Crippen molar-refractivity contribution in [2.24, 2.45) is 0 Å². The Morgan fingerprint density at radius 3 is 2.56 bits per heavy atom. The summed E-state index contributed by atoms with van der Waals surface area (Å²) in [5.74, 6) is -0.801. The van der Waals surface area contributed by atoms with Gasteiger partial charge in [0, 0.05) is 25.2 Å². The van der Waals surface area contributed by atoms with Crippen LogP contribution in [0.1, 0.15) is 5.56 Å². The molecule has 5 heteroatoms. The van der Waals surface area contributed by atoms with Gasteiger partial charge in [-0.15, -0.1) is 0 Å². The van der Waals surface area contributed by atoms with Crippen LogP contribution in [0.2, 0.25) is 0 Å². The van der Waals surface area contributed by atoms with Crippen molar-refractivity contribution in [1.82, 2.24) is 4.90 Å². The fourth-order valence-electron chi connectivity index (χ4n) is 1.69. The van der Waals surface area contributed by atoms with Crippen molar-refractivity contribution in [3.8, 4) is 0 Å². The van der Waals surface area contributed by atoms with Gasteiger partial charge in [0.2, 0.25) is 0 Å². The number of hydrogen-bond donors (Lipinski definition) is 0. The first-order valence-corrected chi connectivity index (χ1v) is 5.89. The van der Waals surface area contributed by atoms with Gasteiger partial charge in [0.1, 0.15) is 11.6 Å². The Morgan fingerprint density at radius 2 is 1.88 bits per heavy atom. The van der Waals surface area contributed by atoms with E-state index in [9.17, 15) is 8.78 Å². The monoisotopic (exact) mass is 291 g/mol. The van der Waals surface area contributed by atoms with Crippen LogP contribution in [0.15, 0.2) is 16.6 Å². The molecule has 0 bridgehead atoms. The highest BCUT2D eigenvalue weighted by Gasteiger charge is 2.14. The molecule has 1 aromatic carbocycles. The molecule has 1 aromatic rings. The molecule has 2 rings (SSSR count). The molecule has 1 fully saturated rings. The molecule has 1 saturated heterocycles. The summed E-state index contributed by atoms with van der Waals surface area (Å²) in [6.45, 7) is 3.26. The van der Waals surface area contributed by atoms with E-state index in [0.717, 1.165) is 13.1 Å². The van der Waals surface area contributed by atoms with Gasteiger partial charge in [-0.2, -0.15) is 0 Å². The Morgan fingerprint density at radius 1 is 1.19 bits per heavy atom. The molecule has 16 heavy (non-hydrogen) atoms. The Balaban J connectivity index is 2.11. The van der Waals surface area contributed by atoms with Gasteiger partial charge in [0.05, 0.1) is 17.7 Å².